The van der Waals surface area contributed by atoms with Gasteiger partial charge in [0.2, 0.25) is 0 Å². The van der Waals surface area contributed by atoms with Crippen LogP contribution in [-0.4, -0.2) is 31.2 Å². The van der Waals surface area contributed by atoms with Gasteiger partial charge in [0.25, 0.3) is 5.91 Å². The third-order valence-corrected chi connectivity index (χ3v) is 3.95. The first kappa shape index (κ1) is 13.8. The molecule has 19 heavy (non-hydrogen) atoms. The van der Waals surface area contributed by atoms with Gasteiger partial charge in [0.15, 0.2) is 0 Å². The van der Waals surface area contributed by atoms with E-state index in [0.29, 0.717) is 23.7 Å². The van der Waals surface area contributed by atoms with E-state index in [1.54, 1.807) is 19.5 Å². The molecule has 0 radical (unpaired) electrons. The van der Waals surface area contributed by atoms with Gasteiger partial charge in [-0.15, -0.1) is 11.3 Å². The molecule has 2 aromatic heterocycles. The smallest absolute Gasteiger partial charge is 0.263 e. The van der Waals surface area contributed by atoms with E-state index in [2.05, 4.69) is 10.3 Å². The van der Waals surface area contributed by atoms with Crippen molar-refractivity contribution in [2.24, 2.45) is 5.92 Å². The number of methoxy groups -OCH3 is 1. The van der Waals surface area contributed by atoms with E-state index in [9.17, 15) is 4.79 Å². The van der Waals surface area contributed by atoms with Crippen LogP contribution in [0.15, 0.2) is 18.5 Å². The van der Waals surface area contributed by atoms with Gasteiger partial charge in [-0.3, -0.25) is 9.78 Å². The largest absolute Gasteiger partial charge is 0.397 e. The predicted octanol–water partition coefficient (Wildman–Crippen LogP) is 1.89. The maximum atomic E-state index is 12.1. The molecular weight excluding hydrogens is 262 g/mol. The third-order valence-electron chi connectivity index (χ3n) is 2.80. The van der Waals surface area contributed by atoms with Gasteiger partial charge in [-0.25, -0.2) is 0 Å². The number of nitrogens with zero attached hydrogens (tertiary/aromatic N) is 1. The molecule has 2 heterocycles. The molecule has 1 amide bonds. The van der Waals surface area contributed by atoms with Crippen molar-refractivity contribution in [3.8, 4) is 0 Å². The fraction of sp³-hybridized carbons (Fsp3) is 0.385. The van der Waals surface area contributed by atoms with Gasteiger partial charge in [-0.2, -0.15) is 0 Å². The van der Waals surface area contributed by atoms with E-state index in [4.69, 9.17) is 10.5 Å². The first-order chi connectivity index (χ1) is 9.13. The first-order valence-electron chi connectivity index (χ1n) is 6.02. The van der Waals surface area contributed by atoms with E-state index in [-0.39, 0.29) is 11.8 Å². The molecule has 102 valence electrons. The van der Waals surface area contributed by atoms with Crippen LogP contribution in [0.25, 0.3) is 10.1 Å². The minimum atomic E-state index is -0.137. The number of pyridine rings is 1. The number of ether oxygens (including phenoxy) is 1. The fourth-order valence-electron chi connectivity index (χ4n) is 1.83. The van der Waals surface area contributed by atoms with E-state index in [0.717, 1.165) is 10.1 Å². The van der Waals surface area contributed by atoms with Gasteiger partial charge < -0.3 is 15.8 Å². The van der Waals surface area contributed by atoms with Crippen molar-refractivity contribution in [3.63, 3.8) is 0 Å². The molecule has 0 aliphatic heterocycles. The Morgan fingerprint density at radius 3 is 3.11 bits per heavy atom. The van der Waals surface area contributed by atoms with E-state index < -0.39 is 0 Å². The SMILES string of the molecule is COCC(C)CNC(=O)c1sc2cnccc2c1N. The number of carbonyl (C=O) groups excluding carboxylic acids is 1. The van der Waals surface area contributed by atoms with Crippen LogP contribution in [0.3, 0.4) is 0 Å². The van der Waals surface area contributed by atoms with Crippen molar-refractivity contribution < 1.29 is 9.53 Å². The highest BCUT2D eigenvalue weighted by atomic mass is 32.1. The summed E-state index contributed by atoms with van der Waals surface area (Å²) in [7, 11) is 1.65. The van der Waals surface area contributed by atoms with Crippen molar-refractivity contribution >= 4 is 33.0 Å². The Balaban J connectivity index is 2.11. The van der Waals surface area contributed by atoms with Crippen molar-refractivity contribution in [1.82, 2.24) is 10.3 Å². The van der Waals surface area contributed by atoms with Crippen LogP contribution in [0.2, 0.25) is 0 Å². The molecule has 0 aliphatic carbocycles. The molecule has 5 nitrogen and oxygen atoms in total. The van der Waals surface area contributed by atoms with Gasteiger partial charge in [0, 0.05) is 31.4 Å². The van der Waals surface area contributed by atoms with Crippen molar-refractivity contribution in [3.05, 3.63) is 23.3 Å². The van der Waals surface area contributed by atoms with Crippen LogP contribution >= 0.6 is 11.3 Å². The highest BCUT2D eigenvalue weighted by Gasteiger charge is 2.16. The standard InChI is InChI=1S/C13H17N3O2S/c1-8(7-18-2)5-16-13(17)12-11(14)9-3-4-15-6-10(9)19-12/h3-4,6,8H,5,7,14H2,1-2H3,(H,16,17). The number of carbonyl (C=O) groups is 1. The molecule has 0 bridgehead atoms. The Labute approximate surface area is 115 Å². The highest BCUT2D eigenvalue weighted by molar-refractivity contribution is 7.21. The molecule has 0 fully saturated rings. The molecule has 0 saturated heterocycles. The molecular formula is C13H17N3O2S. The summed E-state index contributed by atoms with van der Waals surface area (Å²) in [4.78, 5) is 16.7. The summed E-state index contributed by atoms with van der Waals surface area (Å²) in [5.74, 6) is 0.132. The molecule has 3 N–H and O–H groups in total. The van der Waals surface area contributed by atoms with Gasteiger partial charge in [0.05, 0.1) is 17.0 Å². The van der Waals surface area contributed by atoms with Gasteiger partial charge in [-0.1, -0.05) is 6.92 Å². The quantitative estimate of drug-likeness (QED) is 0.876. The van der Waals surface area contributed by atoms with Crippen molar-refractivity contribution in [2.45, 2.75) is 6.92 Å². The van der Waals surface area contributed by atoms with Crippen LogP contribution in [0.5, 0.6) is 0 Å². The lowest BCUT2D eigenvalue weighted by Gasteiger charge is -2.10. The molecule has 0 saturated carbocycles. The second-order valence-corrected chi connectivity index (χ2v) is 5.54. The number of fused-ring (bicyclic) bond motifs is 1. The van der Waals surface area contributed by atoms with Crippen LogP contribution in [-0.2, 0) is 4.74 Å². The summed E-state index contributed by atoms with van der Waals surface area (Å²) in [6, 6.07) is 1.82. The van der Waals surface area contributed by atoms with E-state index in [1.807, 2.05) is 13.0 Å². The summed E-state index contributed by atoms with van der Waals surface area (Å²) >= 11 is 1.37. The number of amides is 1. The normalized spacial score (nSPS) is 12.5. The van der Waals surface area contributed by atoms with E-state index in [1.165, 1.54) is 11.3 Å². The fourth-order valence-corrected chi connectivity index (χ4v) is 2.84. The lowest BCUT2D eigenvalue weighted by atomic mass is 10.2. The van der Waals surface area contributed by atoms with Crippen LogP contribution < -0.4 is 11.1 Å². The Bertz CT molecular complexity index is 582. The predicted molar refractivity (Wildman–Crippen MR) is 77.4 cm³/mol. The number of thiophene rings is 1. The number of aromatic nitrogens is 1. The summed E-state index contributed by atoms with van der Waals surface area (Å²) in [6.07, 6.45) is 3.40. The zero-order valence-corrected chi connectivity index (χ0v) is 11.8. The minimum Gasteiger partial charge on any atom is -0.397 e. The van der Waals surface area contributed by atoms with Gasteiger partial charge in [-0.05, 0) is 12.0 Å². The van der Waals surface area contributed by atoms with E-state index >= 15 is 0 Å². The van der Waals surface area contributed by atoms with Gasteiger partial charge >= 0.3 is 0 Å². The summed E-state index contributed by atoms with van der Waals surface area (Å²) in [5.41, 5.74) is 6.53. The number of rotatable bonds is 5. The zero-order chi connectivity index (χ0) is 13.8. The number of nitrogens with two attached hydrogens (primary N) is 1. The topological polar surface area (TPSA) is 77.2 Å². The molecule has 1 atom stereocenters. The molecule has 2 aromatic rings. The number of nitrogen functional groups attached to an aromatic ring is 1. The summed E-state index contributed by atoms with van der Waals surface area (Å²) in [5, 5.41) is 3.76. The second-order valence-electron chi connectivity index (χ2n) is 4.49. The molecule has 2 rings (SSSR count). The van der Waals surface area contributed by atoms with Gasteiger partial charge in [0.1, 0.15) is 4.88 Å². The van der Waals surface area contributed by atoms with Crippen LogP contribution in [0, 0.1) is 5.92 Å². The molecule has 1 unspecified atom stereocenters. The summed E-state index contributed by atoms with van der Waals surface area (Å²) in [6.45, 7) is 3.20. The molecule has 6 heteroatoms. The highest BCUT2D eigenvalue weighted by Crippen LogP contribution is 2.32. The Morgan fingerprint density at radius 2 is 2.42 bits per heavy atom. The number of hydrogen-bond acceptors (Lipinski definition) is 5. The third kappa shape index (κ3) is 3.02. The van der Waals surface area contributed by atoms with Crippen LogP contribution in [0.4, 0.5) is 5.69 Å². The first-order valence-corrected chi connectivity index (χ1v) is 6.84. The Kier molecular flexibility index (Phi) is 4.34. The van der Waals surface area contributed by atoms with Crippen LogP contribution in [0.1, 0.15) is 16.6 Å². The number of nitrogens with one attached hydrogen (secondary N) is 1. The average molecular weight is 279 g/mol. The average Bonchev–Trinajstić information content (AvgIpc) is 2.74. The number of hydrogen-bond donors (Lipinski definition) is 2. The second kappa shape index (κ2) is 5.99. The minimum absolute atomic E-state index is 0.137. The summed E-state index contributed by atoms with van der Waals surface area (Å²) < 4.78 is 5.96. The molecule has 0 spiro atoms. The zero-order valence-electron chi connectivity index (χ0n) is 11.0. The van der Waals surface area contributed by atoms with Crippen molar-refractivity contribution in [2.75, 3.05) is 26.0 Å². The Hall–Kier alpha value is -1.66. The molecule has 0 aromatic carbocycles. The monoisotopic (exact) mass is 279 g/mol. The Morgan fingerprint density at radius 1 is 1.63 bits per heavy atom. The lowest BCUT2D eigenvalue weighted by molar-refractivity contribution is 0.0939. The maximum Gasteiger partial charge on any atom is 0.263 e. The molecule has 0 aliphatic rings. The maximum absolute atomic E-state index is 12.1. The number of anilines is 1. The lowest BCUT2D eigenvalue weighted by Crippen LogP contribution is -2.29. The van der Waals surface area contributed by atoms with Crippen molar-refractivity contribution in [1.29, 1.82) is 0 Å².